The van der Waals surface area contributed by atoms with Crippen molar-refractivity contribution in [3.05, 3.63) is 47.9 Å². The van der Waals surface area contributed by atoms with Gasteiger partial charge in [-0.1, -0.05) is 0 Å². The van der Waals surface area contributed by atoms with E-state index >= 15 is 0 Å². The van der Waals surface area contributed by atoms with Gasteiger partial charge in [0.15, 0.2) is 0 Å². The van der Waals surface area contributed by atoms with Crippen molar-refractivity contribution in [3.63, 3.8) is 0 Å². The quantitative estimate of drug-likeness (QED) is 0.938. The first-order valence-corrected chi connectivity index (χ1v) is 5.26. The highest BCUT2D eigenvalue weighted by atomic mass is 19.4. The highest BCUT2D eigenvalue weighted by molar-refractivity contribution is 5.87. The van der Waals surface area contributed by atoms with Gasteiger partial charge >= 0.3 is 12.1 Å². The van der Waals surface area contributed by atoms with Gasteiger partial charge in [0.2, 0.25) is 5.88 Å². The Hall–Kier alpha value is -2.64. The van der Waals surface area contributed by atoms with Gasteiger partial charge in [-0.25, -0.2) is 9.78 Å². The molecular weight excluding hydrogens is 277 g/mol. The Balaban J connectivity index is 2.26. The Kier molecular flexibility index (Phi) is 3.55. The molecule has 0 aliphatic carbocycles. The van der Waals surface area contributed by atoms with Crippen LogP contribution in [0.5, 0.6) is 11.6 Å². The predicted octanol–water partition coefficient (Wildman–Crippen LogP) is 2.99. The molecule has 0 saturated heterocycles. The maximum absolute atomic E-state index is 12.5. The average molecular weight is 284 g/mol. The fourth-order valence-electron chi connectivity index (χ4n) is 1.35. The molecule has 20 heavy (non-hydrogen) atoms. The highest BCUT2D eigenvalue weighted by Crippen LogP contribution is 2.31. The summed E-state index contributed by atoms with van der Waals surface area (Å²) in [5.41, 5.74) is -1.06. The molecule has 104 valence electrons. The zero-order chi connectivity index (χ0) is 14.8. The number of halogens is 3. The topological polar surface area (TPSA) is 72.3 Å². The van der Waals surface area contributed by atoms with E-state index in [1.54, 1.807) is 0 Å². The second kappa shape index (κ2) is 5.16. The van der Waals surface area contributed by atoms with Crippen LogP contribution in [0, 0.1) is 0 Å². The molecule has 2 rings (SSSR count). The molecule has 0 atom stereocenters. The van der Waals surface area contributed by atoms with Crippen molar-refractivity contribution in [2.45, 2.75) is 6.18 Å². The lowest BCUT2D eigenvalue weighted by Gasteiger charge is -2.09. The van der Waals surface area contributed by atoms with Gasteiger partial charge in [0.25, 0.3) is 0 Å². The monoisotopic (exact) mass is 284 g/mol. The molecular formula is C12H7F3N2O3. The number of rotatable bonds is 3. The molecule has 0 aliphatic rings. The summed E-state index contributed by atoms with van der Waals surface area (Å²) < 4.78 is 42.6. The Bertz CT molecular complexity index is 644. The number of pyridine rings is 2. The number of hydrogen-bond donors (Lipinski definition) is 1. The number of alkyl halides is 3. The molecule has 0 saturated carbocycles. The van der Waals surface area contributed by atoms with Crippen LogP contribution >= 0.6 is 0 Å². The fraction of sp³-hybridized carbons (Fsp3) is 0.0833. The van der Waals surface area contributed by atoms with Crippen LogP contribution in [0.4, 0.5) is 13.2 Å². The van der Waals surface area contributed by atoms with Crippen LogP contribution in [-0.2, 0) is 6.18 Å². The first kappa shape index (κ1) is 13.8. The minimum atomic E-state index is -4.51. The summed E-state index contributed by atoms with van der Waals surface area (Å²) in [6.45, 7) is 0. The summed E-state index contributed by atoms with van der Waals surface area (Å²) in [6.07, 6.45) is -1.29. The predicted molar refractivity (Wildman–Crippen MR) is 60.5 cm³/mol. The first-order valence-electron chi connectivity index (χ1n) is 5.26. The van der Waals surface area contributed by atoms with Gasteiger partial charge in [0.1, 0.15) is 5.75 Å². The third-order valence-electron chi connectivity index (χ3n) is 2.24. The molecule has 2 aromatic heterocycles. The van der Waals surface area contributed by atoms with Crippen molar-refractivity contribution in [1.82, 2.24) is 9.97 Å². The Labute approximate surface area is 110 Å². The molecule has 0 bridgehead atoms. The standard InChI is InChI=1S/C12H7F3N2O3/c13-12(14,15)8-1-2-17-10(4-8)20-9-3-7(11(18)19)5-16-6-9/h1-6H,(H,18,19). The van der Waals surface area contributed by atoms with E-state index in [4.69, 9.17) is 9.84 Å². The Morgan fingerprint density at radius 2 is 2.00 bits per heavy atom. The van der Waals surface area contributed by atoms with E-state index in [-0.39, 0.29) is 17.2 Å². The molecule has 0 unspecified atom stereocenters. The lowest BCUT2D eigenvalue weighted by Crippen LogP contribution is -2.05. The fourth-order valence-corrected chi connectivity index (χ4v) is 1.35. The molecule has 0 fully saturated rings. The molecule has 0 aliphatic heterocycles. The molecule has 2 aromatic rings. The van der Waals surface area contributed by atoms with Crippen LogP contribution in [0.3, 0.4) is 0 Å². The van der Waals surface area contributed by atoms with E-state index in [0.29, 0.717) is 6.07 Å². The summed E-state index contributed by atoms with van der Waals surface area (Å²) in [5, 5.41) is 8.77. The molecule has 5 nitrogen and oxygen atoms in total. The van der Waals surface area contributed by atoms with E-state index < -0.39 is 17.7 Å². The largest absolute Gasteiger partial charge is 0.478 e. The molecule has 0 spiro atoms. The molecule has 0 radical (unpaired) electrons. The number of carboxylic acid groups (broad SMARTS) is 1. The van der Waals surface area contributed by atoms with Gasteiger partial charge < -0.3 is 9.84 Å². The average Bonchev–Trinajstić information content (AvgIpc) is 2.38. The van der Waals surface area contributed by atoms with Crippen LogP contribution < -0.4 is 4.74 Å². The van der Waals surface area contributed by atoms with Gasteiger partial charge in [-0.15, -0.1) is 0 Å². The lowest BCUT2D eigenvalue weighted by molar-refractivity contribution is -0.137. The van der Waals surface area contributed by atoms with Crippen LogP contribution in [0.2, 0.25) is 0 Å². The van der Waals surface area contributed by atoms with Gasteiger partial charge in [-0.05, 0) is 12.1 Å². The number of hydrogen-bond acceptors (Lipinski definition) is 4. The van der Waals surface area contributed by atoms with Gasteiger partial charge in [-0.2, -0.15) is 13.2 Å². The minimum Gasteiger partial charge on any atom is -0.478 e. The van der Waals surface area contributed by atoms with Crippen LogP contribution in [0.15, 0.2) is 36.8 Å². The van der Waals surface area contributed by atoms with Crippen molar-refractivity contribution in [2.24, 2.45) is 0 Å². The van der Waals surface area contributed by atoms with Crippen LogP contribution in [-0.4, -0.2) is 21.0 Å². The maximum Gasteiger partial charge on any atom is 0.416 e. The van der Waals surface area contributed by atoms with Crippen molar-refractivity contribution >= 4 is 5.97 Å². The number of carboxylic acids is 1. The van der Waals surface area contributed by atoms with Crippen LogP contribution in [0.1, 0.15) is 15.9 Å². The summed E-state index contributed by atoms with van der Waals surface area (Å²) in [7, 11) is 0. The summed E-state index contributed by atoms with van der Waals surface area (Å²) in [6, 6.07) is 2.66. The molecule has 2 heterocycles. The van der Waals surface area contributed by atoms with Crippen LogP contribution in [0.25, 0.3) is 0 Å². The maximum atomic E-state index is 12.5. The molecule has 8 heteroatoms. The summed E-state index contributed by atoms with van der Waals surface area (Å²) in [4.78, 5) is 18.0. The van der Waals surface area contributed by atoms with E-state index in [2.05, 4.69) is 9.97 Å². The number of carbonyl (C=O) groups is 1. The zero-order valence-electron chi connectivity index (χ0n) is 9.76. The number of aromatic nitrogens is 2. The number of nitrogens with zero attached hydrogens (tertiary/aromatic N) is 2. The number of ether oxygens (including phenoxy) is 1. The van der Waals surface area contributed by atoms with E-state index in [9.17, 15) is 18.0 Å². The molecule has 1 N–H and O–H groups in total. The van der Waals surface area contributed by atoms with Gasteiger partial charge in [-0.3, -0.25) is 4.98 Å². The minimum absolute atomic E-state index is 0.0169. The number of aromatic carboxylic acids is 1. The summed E-state index contributed by atoms with van der Waals surface area (Å²) >= 11 is 0. The van der Waals surface area contributed by atoms with Crippen molar-refractivity contribution in [2.75, 3.05) is 0 Å². The van der Waals surface area contributed by atoms with Gasteiger partial charge in [0.05, 0.1) is 17.3 Å². The Morgan fingerprint density at radius 3 is 2.65 bits per heavy atom. The SMILES string of the molecule is O=C(O)c1cncc(Oc2cc(C(F)(F)F)ccn2)c1. The van der Waals surface area contributed by atoms with E-state index in [0.717, 1.165) is 24.5 Å². The molecule has 0 amide bonds. The van der Waals surface area contributed by atoms with E-state index in [1.165, 1.54) is 6.20 Å². The van der Waals surface area contributed by atoms with E-state index in [1.807, 2.05) is 0 Å². The molecule has 0 aromatic carbocycles. The first-order chi connectivity index (χ1) is 9.36. The summed E-state index contributed by atoms with van der Waals surface area (Å²) in [5.74, 6) is -1.54. The highest BCUT2D eigenvalue weighted by Gasteiger charge is 2.31. The smallest absolute Gasteiger partial charge is 0.416 e. The zero-order valence-corrected chi connectivity index (χ0v) is 9.76. The van der Waals surface area contributed by atoms with Crippen molar-refractivity contribution in [1.29, 1.82) is 0 Å². The third-order valence-corrected chi connectivity index (χ3v) is 2.24. The second-order valence-corrected chi connectivity index (χ2v) is 3.70. The normalized spacial score (nSPS) is 11.2. The third kappa shape index (κ3) is 3.22. The van der Waals surface area contributed by atoms with Crippen molar-refractivity contribution in [3.8, 4) is 11.6 Å². The van der Waals surface area contributed by atoms with Gasteiger partial charge in [0, 0.05) is 18.5 Å². The van der Waals surface area contributed by atoms with Crippen molar-refractivity contribution < 1.29 is 27.8 Å². The second-order valence-electron chi connectivity index (χ2n) is 3.70. The Morgan fingerprint density at radius 1 is 1.25 bits per heavy atom. The lowest BCUT2D eigenvalue weighted by atomic mass is 10.2.